The van der Waals surface area contributed by atoms with E-state index in [0.717, 1.165) is 0 Å². The molecular weight excluding hydrogens is 220 g/mol. The van der Waals surface area contributed by atoms with E-state index in [-0.39, 0.29) is 5.56 Å². The molecular formula is C13H16O4. The van der Waals surface area contributed by atoms with Gasteiger partial charge in [-0.25, -0.2) is 4.79 Å². The molecule has 0 saturated carbocycles. The fourth-order valence-electron chi connectivity index (χ4n) is 1.27. The quantitative estimate of drug-likeness (QED) is 0.581. The van der Waals surface area contributed by atoms with Crippen molar-refractivity contribution in [3.63, 3.8) is 0 Å². The molecule has 0 aliphatic heterocycles. The highest BCUT2D eigenvalue weighted by atomic mass is 16.5. The highest BCUT2D eigenvalue weighted by molar-refractivity contribution is 5.94. The molecule has 17 heavy (non-hydrogen) atoms. The summed E-state index contributed by atoms with van der Waals surface area (Å²) in [6.07, 6.45) is 0.679. The van der Waals surface area contributed by atoms with Crippen molar-refractivity contribution in [2.45, 2.75) is 13.8 Å². The van der Waals surface area contributed by atoms with Gasteiger partial charge in [0.2, 0.25) is 0 Å². The number of methoxy groups -OCH3 is 1. The van der Waals surface area contributed by atoms with Crippen molar-refractivity contribution in [1.82, 2.24) is 0 Å². The Bertz CT molecular complexity index is 410. The van der Waals surface area contributed by atoms with Gasteiger partial charge < -0.3 is 9.47 Å². The second-order valence-electron chi connectivity index (χ2n) is 4.07. The van der Waals surface area contributed by atoms with E-state index in [1.165, 1.54) is 13.2 Å². The van der Waals surface area contributed by atoms with Gasteiger partial charge in [0.25, 0.3) is 0 Å². The SMILES string of the molecule is COC(=O)c1cc(C=O)ccc1OCC(C)C. The molecule has 1 aromatic carbocycles. The van der Waals surface area contributed by atoms with Gasteiger partial charge in [0.1, 0.15) is 17.6 Å². The fourth-order valence-corrected chi connectivity index (χ4v) is 1.27. The molecule has 0 unspecified atom stereocenters. The number of esters is 1. The van der Waals surface area contributed by atoms with Crippen molar-refractivity contribution in [2.24, 2.45) is 5.92 Å². The lowest BCUT2D eigenvalue weighted by Crippen LogP contribution is -2.10. The number of carbonyl (C=O) groups excluding carboxylic acids is 2. The highest BCUT2D eigenvalue weighted by Crippen LogP contribution is 2.21. The summed E-state index contributed by atoms with van der Waals surface area (Å²) in [7, 11) is 1.29. The lowest BCUT2D eigenvalue weighted by molar-refractivity contribution is 0.0595. The number of benzene rings is 1. The summed E-state index contributed by atoms with van der Waals surface area (Å²) in [5.41, 5.74) is 0.694. The summed E-state index contributed by atoms with van der Waals surface area (Å²) in [6, 6.07) is 4.68. The topological polar surface area (TPSA) is 52.6 Å². The zero-order chi connectivity index (χ0) is 12.8. The summed E-state index contributed by atoms with van der Waals surface area (Å²) in [6.45, 7) is 4.53. The van der Waals surface area contributed by atoms with Crippen molar-refractivity contribution in [1.29, 1.82) is 0 Å². The number of hydrogen-bond donors (Lipinski definition) is 0. The minimum atomic E-state index is -0.507. The van der Waals surface area contributed by atoms with Crippen LogP contribution in [0, 0.1) is 5.92 Å². The Labute approximate surface area is 101 Å². The van der Waals surface area contributed by atoms with E-state index in [2.05, 4.69) is 4.74 Å². The number of ether oxygens (including phenoxy) is 2. The third-order valence-electron chi connectivity index (χ3n) is 2.12. The van der Waals surface area contributed by atoms with Crippen LogP contribution in [0.25, 0.3) is 0 Å². The number of carbonyl (C=O) groups is 2. The fraction of sp³-hybridized carbons (Fsp3) is 0.385. The molecule has 0 amide bonds. The minimum absolute atomic E-state index is 0.276. The molecule has 0 N–H and O–H groups in total. The summed E-state index contributed by atoms with van der Waals surface area (Å²) >= 11 is 0. The molecule has 4 heteroatoms. The lowest BCUT2D eigenvalue weighted by Gasteiger charge is -2.12. The van der Waals surface area contributed by atoms with Crippen molar-refractivity contribution in [3.8, 4) is 5.75 Å². The van der Waals surface area contributed by atoms with Crippen LogP contribution in [0.3, 0.4) is 0 Å². The van der Waals surface area contributed by atoms with Crippen molar-refractivity contribution < 1.29 is 19.1 Å². The van der Waals surface area contributed by atoms with Gasteiger partial charge in [0, 0.05) is 5.56 Å². The Morgan fingerprint density at radius 2 is 2.12 bits per heavy atom. The molecule has 0 aliphatic carbocycles. The maximum atomic E-state index is 11.5. The zero-order valence-corrected chi connectivity index (χ0v) is 10.2. The van der Waals surface area contributed by atoms with E-state index in [1.807, 2.05) is 13.8 Å². The molecule has 1 aromatic rings. The molecule has 0 radical (unpaired) electrons. The average molecular weight is 236 g/mol. The molecule has 1 rings (SSSR count). The molecule has 0 atom stereocenters. The third kappa shape index (κ3) is 3.59. The monoisotopic (exact) mass is 236 g/mol. The van der Waals surface area contributed by atoms with Crippen LogP contribution < -0.4 is 4.74 Å². The second-order valence-corrected chi connectivity index (χ2v) is 4.07. The molecule has 0 aromatic heterocycles. The molecule has 0 saturated heterocycles. The van der Waals surface area contributed by atoms with Gasteiger partial charge in [0.15, 0.2) is 0 Å². The van der Waals surface area contributed by atoms with Crippen LogP contribution in [0.4, 0.5) is 0 Å². The first kappa shape index (κ1) is 13.2. The van der Waals surface area contributed by atoms with Gasteiger partial charge >= 0.3 is 5.97 Å². The van der Waals surface area contributed by atoms with Crippen molar-refractivity contribution in [2.75, 3.05) is 13.7 Å². The zero-order valence-electron chi connectivity index (χ0n) is 10.2. The first-order valence-corrected chi connectivity index (χ1v) is 5.38. The minimum Gasteiger partial charge on any atom is -0.492 e. The van der Waals surface area contributed by atoms with E-state index in [0.29, 0.717) is 30.1 Å². The second kappa shape index (κ2) is 6.03. The summed E-state index contributed by atoms with van der Waals surface area (Å²) in [5, 5.41) is 0. The van der Waals surface area contributed by atoms with Gasteiger partial charge in [-0.15, -0.1) is 0 Å². The molecule has 0 heterocycles. The van der Waals surface area contributed by atoms with E-state index in [9.17, 15) is 9.59 Å². The number of rotatable bonds is 5. The van der Waals surface area contributed by atoms with Crippen LogP contribution in [0.2, 0.25) is 0 Å². The summed E-state index contributed by atoms with van der Waals surface area (Å²) in [4.78, 5) is 22.2. The first-order valence-electron chi connectivity index (χ1n) is 5.38. The maximum absolute atomic E-state index is 11.5. The number of hydrogen-bond acceptors (Lipinski definition) is 4. The van der Waals surface area contributed by atoms with Crippen LogP contribution >= 0.6 is 0 Å². The number of aldehydes is 1. The Morgan fingerprint density at radius 1 is 1.41 bits per heavy atom. The van der Waals surface area contributed by atoms with E-state index in [4.69, 9.17) is 4.74 Å². The molecule has 0 bridgehead atoms. The Balaban J connectivity index is 3.02. The van der Waals surface area contributed by atoms with Crippen LogP contribution in [0.15, 0.2) is 18.2 Å². The van der Waals surface area contributed by atoms with Crippen LogP contribution in [0.5, 0.6) is 5.75 Å². The van der Waals surface area contributed by atoms with E-state index >= 15 is 0 Å². The average Bonchev–Trinajstić information content (AvgIpc) is 2.35. The standard InChI is InChI=1S/C13H16O4/c1-9(2)8-17-12-5-4-10(7-14)6-11(12)13(15)16-3/h4-7,9H,8H2,1-3H3. The van der Waals surface area contributed by atoms with Gasteiger partial charge in [0.05, 0.1) is 13.7 Å². The smallest absolute Gasteiger partial charge is 0.341 e. The Kier molecular flexibility index (Phi) is 4.69. The van der Waals surface area contributed by atoms with E-state index in [1.54, 1.807) is 12.1 Å². The van der Waals surface area contributed by atoms with Gasteiger partial charge in [-0.05, 0) is 24.1 Å². The highest BCUT2D eigenvalue weighted by Gasteiger charge is 2.14. The molecule has 0 aliphatic rings. The first-order chi connectivity index (χ1) is 8.08. The Morgan fingerprint density at radius 3 is 2.65 bits per heavy atom. The molecule has 4 nitrogen and oxygen atoms in total. The predicted molar refractivity (Wildman–Crippen MR) is 63.5 cm³/mol. The van der Waals surface area contributed by atoms with Gasteiger partial charge in [-0.2, -0.15) is 0 Å². The van der Waals surface area contributed by atoms with Crippen molar-refractivity contribution >= 4 is 12.3 Å². The molecule has 92 valence electrons. The van der Waals surface area contributed by atoms with Crippen LogP contribution in [0.1, 0.15) is 34.6 Å². The predicted octanol–water partition coefficient (Wildman–Crippen LogP) is 2.32. The third-order valence-corrected chi connectivity index (χ3v) is 2.12. The van der Waals surface area contributed by atoms with Crippen LogP contribution in [-0.4, -0.2) is 26.0 Å². The van der Waals surface area contributed by atoms with Gasteiger partial charge in [-0.1, -0.05) is 13.8 Å². The summed E-state index contributed by atoms with van der Waals surface area (Å²) < 4.78 is 10.2. The molecule has 0 fully saturated rings. The summed E-state index contributed by atoms with van der Waals surface area (Å²) in [5.74, 6) is 0.287. The van der Waals surface area contributed by atoms with E-state index < -0.39 is 5.97 Å². The van der Waals surface area contributed by atoms with Gasteiger partial charge in [-0.3, -0.25) is 4.79 Å². The maximum Gasteiger partial charge on any atom is 0.341 e. The normalized spacial score (nSPS) is 10.1. The largest absolute Gasteiger partial charge is 0.492 e. The molecule has 0 spiro atoms. The Hall–Kier alpha value is -1.84. The van der Waals surface area contributed by atoms with Crippen molar-refractivity contribution in [3.05, 3.63) is 29.3 Å². The van der Waals surface area contributed by atoms with Crippen LogP contribution in [-0.2, 0) is 4.74 Å². The lowest BCUT2D eigenvalue weighted by atomic mass is 10.1.